The van der Waals surface area contributed by atoms with Crippen molar-refractivity contribution >= 4 is 44.8 Å². The first kappa shape index (κ1) is 22.3. The van der Waals surface area contributed by atoms with E-state index in [9.17, 15) is 9.59 Å². The van der Waals surface area contributed by atoms with E-state index in [1.807, 2.05) is 60.5 Å². The van der Waals surface area contributed by atoms with Crippen LogP contribution in [0.15, 0.2) is 53.0 Å². The van der Waals surface area contributed by atoms with Gasteiger partial charge in [0.05, 0.1) is 19.8 Å². The van der Waals surface area contributed by atoms with Crippen molar-refractivity contribution in [2.45, 2.75) is 6.42 Å². The van der Waals surface area contributed by atoms with Crippen LogP contribution in [0.5, 0.6) is 0 Å². The van der Waals surface area contributed by atoms with E-state index in [0.29, 0.717) is 13.0 Å². The van der Waals surface area contributed by atoms with Gasteiger partial charge in [0.2, 0.25) is 11.8 Å². The number of carbonyl (C=O) groups excluding carboxylic acids is 2. The molecule has 0 aliphatic carbocycles. The number of hydrogen-bond donors (Lipinski definition) is 2. The first-order valence-corrected chi connectivity index (χ1v) is 10.8. The van der Waals surface area contributed by atoms with Crippen LogP contribution in [0.2, 0.25) is 0 Å². The minimum absolute atomic E-state index is 0.0803. The Morgan fingerprint density at radius 3 is 2.17 bits per heavy atom. The predicted molar refractivity (Wildman–Crippen MR) is 123 cm³/mol. The van der Waals surface area contributed by atoms with E-state index in [-0.39, 0.29) is 18.4 Å². The van der Waals surface area contributed by atoms with Gasteiger partial charge in [0.1, 0.15) is 0 Å². The summed E-state index contributed by atoms with van der Waals surface area (Å²) in [6.45, 7) is 3.96. The lowest BCUT2D eigenvalue weighted by atomic mass is 10.2. The minimum Gasteiger partial charge on any atom is -0.378 e. The van der Waals surface area contributed by atoms with Gasteiger partial charge < -0.3 is 20.3 Å². The van der Waals surface area contributed by atoms with Crippen molar-refractivity contribution in [3.05, 3.63) is 53.0 Å². The molecular weight excluding hydrogens is 448 g/mol. The summed E-state index contributed by atoms with van der Waals surface area (Å²) >= 11 is 3.37. The molecule has 1 aliphatic rings. The quantitative estimate of drug-likeness (QED) is 0.614. The highest BCUT2D eigenvalue weighted by molar-refractivity contribution is 9.10. The molecule has 1 aliphatic heterocycles. The van der Waals surface area contributed by atoms with Gasteiger partial charge in [0.15, 0.2) is 0 Å². The number of halogens is 1. The molecule has 0 atom stereocenters. The van der Waals surface area contributed by atoms with E-state index >= 15 is 0 Å². The van der Waals surface area contributed by atoms with E-state index in [1.165, 1.54) is 0 Å². The normalized spacial score (nSPS) is 13.9. The van der Waals surface area contributed by atoms with E-state index in [1.54, 1.807) is 0 Å². The van der Waals surface area contributed by atoms with Crippen LogP contribution in [0.1, 0.15) is 6.42 Å². The monoisotopic (exact) mass is 474 g/mol. The molecule has 0 spiro atoms. The lowest BCUT2D eigenvalue weighted by Gasteiger charge is -2.28. The van der Waals surface area contributed by atoms with Crippen LogP contribution in [0, 0.1) is 0 Å². The zero-order valence-corrected chi connectivity index (χ0v) is 18.7. The molecule has 30 heavy (non-hydrogen) atoms. The zero-order valence-electron chi connectivity index (χ0n) is 17.1. The zero-order chi connectivity index (χ0) is 21.3. The van der Waals surface area contributed by atoms with E-state index in [4.69, 9.17) is 4.74 Å². The van der Waals surface area contributed by atoms with Gasteiger partial charge >= 0.3 is 0 Å². The molecule has 0 unspecified atom stereocenters. The highest BCUT2D eigenvalue weighted by atomic mass is 79.9. The fraction of sp³-hybridized carbons (Fsp3) is 0.364. The van der Waals surface area contributed by atoms with Gasteiger partial charge in [0, 0.05) is 47.6 Å². The van der Waals surface area contributed by atoms with Crippen LogP contribution >= 0.6 is 15.9 Å². The number of ether oxygens (including phenoxy) is 1. The van der Waals surface area contributed by atoms with Crippen LogP contribution in [-0.4, -0.2) is 63.2 Å². The van der Waals surface area contributed by atoms with E-state index < -0.39 is 0 Å². The van der Waals surface area contributed by atoms with Gasteiger partial charge in [-0.15, -0.1) is 0 Å². The first-order chi connectivity index (χ1) is 14.5. The van der Waals surface area contributed by atoms with Crippen LogP contribution in [0.3, 0.4) is 0 Å². The first-order valence-electron chi connectivity index (χ1n) is 9.96. The van der Waals surface area contributed by atoms with Crippen molar-refractivity contribution in [3.63, 3.8) is 0 Å². The largest absolute Gasteiger partial charge is 0.378 e. The number of benzene rings is 2. The predicted octanol–water partition coefficient (Wildman–Crippen LogP) is 3.18. The Labute approximate surface area is 185 Å². The highest BCUT2D eigenvalue weighted by Crippen LogP contribution is 2.19. The average Bonchev–Trinajstić information content (AvgIpc) is 2.75. The average molecular weight is 475 g/mol. The van der Waals surface area contributed by atoms with Crippen molar-refractivity contribution in [1.29, 1.82) is 0 Å². The molecule has 2 aromatic carbocycles. The summed E-state index contributed by atoms with van der Waals surface area (Å²) < 4.78 is 6.33. The molecule has 3 rings (SSSR count). The minimum atomic E-state index is -0.107. The number of morpholine rings is 1. The van der Waals surface area contributed by atoms with Gasteiger partial charge in [-0.05, 0) is 55.6 Å². The van der Waals surface area contributed by atoms with E-state index in [0.717, 1.165) is 47.8 Å². The van der Waals surface area contributed by atoms with Crippen molar-refractivity contribution in [3.8, 4) is 0 Å². The van der Waals surface area contributed by atoms with Crippen molar-refractivity contribution in [2.24, 2.45) is 0 Å². The third-order valence-corrected chi connectivity index (χ3v) is 5.32. The number of likely N-dealkylation sites (N-methyl/N-ethyl adjacent to an activating group) is 1. The standard InChI is InChI=1S/C22H27BrN4O3/c1-26(11-10-21(28)24-18-4-2-17(23)3-5-18)16-22(29)25-19-6-8-20(9-7-19)27-12-14-30-15-13-27/h2-9H,10-16H2,1H3,(H,24,28)(H,25,29). The van der Waals surface area contributed by atoms with Crippen LogP contribution in [-0.2, 0) is 14.3 Å². The maximum absolute atomic E-state index is 12.3. The maximum atomic E-state index is 12.3. The second-order valence-corrected chi connectivity index (χ2v) is 8.15. The van der Waals surface area contributed by atoms with Gasteiger partial charge in [-0.2, -0.15) is 0 Å². The molecule has 1 saturated heterocycles. The SMILES string of the molecule is CN(CCC(=O)Nc1ccc(Br)cc1)CC(=O)Nc1ccc(N2CCOCC2)cc1. The van der Waals surface area contributed by atoms with Crippen molar-refractivity contribution in [1.82, 2.24) is 4.90 Å². The molecule has 0 radical (unpaired) electrons. The Hall–Kier alpha value is -2.42. The molecule has 2 amide bonds. The molecule has 2 aromatic rings. The van der Waals surface area contributed by atoms with Gasteiger partial charge in [-0.25, -0.2) is 0 Å². The molecule has 0 aromatic heterocycles. The Morgan fingerprint density at radius 2 is 1.53 bits per heavy atom. The third kappa shape index (κ3) is 7.12. The number of hydrogen-bond acceptors (Lipinski definition) is 5. The number of nitrogens with zero attached hydrogens (tertiary/aromatic N) is 2. The van der Waals surface area contributed by atoms with E-state index in [2.05, 4.69) is 31.5 Å². The molecule has 8 heteroatoms. The number of rotatable bonds is 8. The summed E-state index contributed by atoms with van der Waals surface area (Å²) in [4.78, 5) is 28.5. The topological polar surface area (TPSA) is 73.9 Å². The molecule has 1 fully saturated rings. The van der Waals surface area contributed by atoms with Crippen molar-refractivity contribution < 1.29 is 14.3 Å². The van der Waals surface area contributed by atoms with Gasteiger partial charge in [-0.1, -0.05) is 15.9 Å². The molecule has 0 bridgehead atoms. The Balaban J connectivity index is 1.38. The second kappa shape index (κ2) is 11.1. The number of carbonyl (C=O) groups is 2. The summed E-state index contributed by atoms with van der Waals surface area (Å²) in [7, 11) is 1.83. The van der Waals surface area contributed by atoms with Gasteiger partial charge in [0.25, 0.3) is 0 Å². The number of nitrogens with one attached hydrogen (secondary N) is 2. The third-order valence-electron chi connectivity index (χ3n) is 4.79. The summed E-state index contributed by atoms with van der Waals surface area (Å²) in [6, 6.07) is 15.3. The fourth-order valence-corrected chi connectivity index (χ4v) is 3.42. The van der Waals surface area contributed by atoms with Crippen LogP contribution in [0.4, 0.5) is 17.1 Å². The lowest BCUT2D eigenvalue weighted by molar-refractivity contribution is -0.119. The Kier molecular flexibility index (Phi) is 8.24. The summed E-state index contributed by atoms with van der Waals surface area (Å²) in [5.41, 5.74) is 2.65. The van der Waals surface area contributed by atoms with Crippen LogP contribution in [0.25, 0.3) is 0 Å². The lowest BCUT2D eigenvalue weighted by Crippen LogP contribution is -2.36. The second-order valence-electron chi connectivity index (χ2n) is 7.24. The van der Waals surface area contributed by atoms with Gasteiger partial charge in [-0.3, -0.25) is 14.5 Å². The fourth-order valence-electron chi connectivity index (χ4n) is 3.15. The van der Waals surface area contributed by atoms with Crippen LogP contribution < -0.4 is 15.5 Å². The molecule has 1 heterocycles. The molecule has 2 N–H and O–H groups in total. The molecule has 160 valence electrons. The van der Waals surface area contributed by atoms with Crippen molar-refractivity contribution in [2.75, 3.05) is 62.0 Å². The summed E-state index contributed by atoms with van der Waals surface area (Å²) in [5, 5.41) is 5.76. The Bertz CT molecular complexity index is 836. The molecule has 0 saturated carbocycles. The summed E-state index contributed by atoms with van der Waals surface area (Å²) in [5.74, 6) is -0.187. The molecule has 7 nitrogen and oxygen atoms in total. The summed E-state index contributed by atoms with van der Waals surface area (Å²) in [6.07, 6.45) is 0.314. The number of amides is 2. The Morgan fingerprint density at radius 1 is 0.967 bits per heavy atom. The maximum Gasteiger partial charge on any atom is 0.238 e. The number of anilines is 3. The smallest absolute Gasteiger partial charge is 0.238 e. The molecular formula is C22H27BrN4O3. The highest BCUT2D eigenvalue weighted by Gasteiger charge is 2.12.